The second-order valence-electron chi connectivity index (χ2n) is 6.70. The summed E-state index contributed by atoms with van der Waals surface area (Å²) in [6, 6.07) is 24.8. The van der Waals surface area contributed by atoms with Crippen LogP contribution in [0, 0.1) is 6.92 Å². The highest BCUT2D eigenvalue weighted by atomic mass is 16.1. The Morgan fingerprint density at radius 3 is 2.26 bits per heavy atom. The van der Waals surface area contributed by atoms with Crippen LogP contribution < -0.4 is 5.43 Å². The van der Waals surface area contributed by atoms with Gasteiger partial charge in [-0.1, -0.05) is 72.3 Å². The lowest BCUT2D eigenvalue weighted by atomic mass is 10.0. The third kappa shape index (κ3) is 3.32. The van der Waals surface area contributed by atoms with E-state index in [1.807, 2.05) is 66.1 Å². The van der Waals surface area contributed by atoms with Crippen molar-refractivity contribution in [1.82, 2.24) is 4.57 Å². The van der Waals surface area contributed by atoms with Crippen LogP contribution in [0.3, 0.4) is 0 Å². The molecule has 1 aromatic heterocycles. The number of fused-ring (bicyclic) bond motifs is 1. The summed E-state index contributed by atoms with van der Waals surface area (Å²) < 4.78 is 1.99. The molecule has 0 aliphatic rings. The number of benzene rings is 3. The van der Waals surface area contributed by atoms with E-state index in [-0.39, 0.29) is 16.8 Å². The van der Waals surface area contributed by atoms with Crippen LogP contribution in [0.15, 0.2) is 89.9 Å². The van der Waals surface area contributed by atoms with Gasteiger partial charge in [-0.25, -0.2) is 0 Å². The topological polar surface area (TPSA) is 39.1 Å². The molecule has 27 heavy (non-hydrogen) atoms. The molecule has 0 spiro atoms. The van der Waals surface area contributed by atoms with Crippen LogP contribution in [0.4, 0.5) is 0 Å². The van der Waals surface area contributed by atoms with Crippen molar-refractivity contribution in [1.29, 1.82) is 0 Å². The normalized spacial score (nSPS) is 10.9. The van der Waals surface area contributed by atoms with Crippen molar-refractivity contribution in [2.24, 2.45) is 0 Å². The van der Waals surface area contributed by atoms with Crippen molar-refractivity contribution in [2.45, 2.75) is 13.5 Å². The molecule has 4 aromatic rings. The fourth-order valence-electron chi connectivity index (χ4n) is 3.33. The van der Waals surface area contributed by atoms with Gasteiger partial charge in [-0.15, -0.1) is 0 Å². The Morgan fingerprint density at radius 1 is 0.889 bits per heavy atom. The molecule has 4 rings (SSSR count). The fourth-order valence-corrected chi connectivity index (χ4v) is 3.33. The number of pyridine rings is 1. The molecule has 0 aliphatic carbocycles. The maximum absolute atomic E-state index is 13.1. The third-order valence-electron chi connectivity index (χ3n) is 4.71. The van der Waals surface area contributed by atoms with Crippen LogP contribution in [0.1, 0.15) is 27.0 Å². The second-order valence-corrected chi connectivity index (χ2v) is 6.70. The zero-order valence-corrected chi connectivity index (χ0v) is 15.1. The molecule has 3 heteroatoms. The molecule has 0 unspecified atom stereocenters. The highest BCUT2D eigenvalue weighted by Gasteiger charge is 2.17. The largest absolute Gasteiger partial charge is 0.342 e. The Labute approximate surface area is 157 Å². The molecule has 0 bridgehead atoms. The minimum Gasteiger partial charge on any atom is -0.342 e. The molecular weight excluding hydrogens is 334 g/mol. The molecule has 0 atom stereocenters. The van der Waals surface area contributed by atoms with Crippen LogP contribution >= 0.6 is 0 Å². The van der Waals surface area contributed by atoms with Crippen LogP contribution in [-0.2, 0) is 6.54 Å². The van der Waals surface area contributed by atoms with Crippen molar-refractivity contribution in [3.8, 4) is 0 Å². The fraction of sp³-hybridized carbons (Fsp3) is 0.0833. The molecule has 1 heterocycles. The van der Waals surface area contributed by atoms with Crippen molar-refractivity contribution in [3.05, 3.63) is 118 Å². The smallest absolute Gasteiger partial charge is 0.200 e. The van der Waals surface area contributed by atoms with Gasteiger partial charge in [0.25, 0.3) is 0 Å². The highest BCUT2D eigenvalue weighted by molar-refractivity contribution is 6.10. The number of aryl methyl sites for hydroxylation is 1. The summed E-state index contributed by atoms with van der Waals surface area (Å²) in [7, 11) is 0. The molecular formula is C24H19NO2. The highest BCUT2D eigenvalue weighted by Crippen LogP contribution is 2.17. The predicted molar refractivity (Wildman–Crippen MR) is 108 cm³/mol. The van der Waals surface area contributed by atoms with Gasteiger partial charge >= 0.3 is 0 Å². The number of hydrogen-bond acceptors (Lipinski definition) is 2. The van der Waals surface area contributed by atoms with Gasteiger partial charge in [0.05, 0.1) is 11.1 Å². The summed E-state index contributed by atoms with van der Waals surface area (Å²) in [5.41, 5.74) is 3.45. The molecule has 0 saturated heterocycles. The van der Waals surface area contributed by atoms with Gasteiger partial charge in [0, 0.05) is 23.7 Å². The van der Waals surface area contributed by atoms with Crippen molar-refractivity contribution in [2.75, 3.05) is 0 Å². The van der Waals surface area contributed by atoms with Gasteiger partial charge in [-0.3, -0.25) is 9.59 Å². The summed E-state index contributed by atoms with van der Waals surface area (Å²) in [4.78, 5) is 26.1. The summed E-state index contributed by atoms with van der Waals surface area (Å²) in [5, 5.41) is 0.577. The van der Waals surface area contributed by atoms with Crippen molar-refractivity contribution < 1.29 is 4.79 Å². The first-order valence-corrected chi connectivity index (χ1v) is 8.91. The molecule has 0 fully saturated rings. The van der Waals surface area contributed by atoms with Gasteiger partial charge < -0.3 is 4.57 Å². The number of carbonyl (C=O) groups is 1. The minimum atomic E-state index is -0.245. The predicted octanol–water partition coefficient (Wildman–Crippen LogP) is 4.59. The number of carbonyl (C=O) groups excluding carboxylic acids is 1. The SMILES string of the molecule is Cc1ccc2c(c1)c(=O)c(C(=O)c1ccccc1)cn2Cc1ccccc1. The van der Waals surface area contributed by atoms with Crippen molar-refractivity contribution in [3.63, 3.8) is 0 Å². The molecule has 0 saturated carbocycles. The Balaban J connectivity index is 1.93. The van der Waals surface area contributed by atoms with Gasteiger partial charge in [0.2, 0.25) is 5.43 Å². The zero-order chi connectivity index (χ0) is 18.8. The maximum atomic E-state index is 13.1. The average molecular weight is 353 g/mol. The van der Waals surface area contributed by atoms with E-state index in [0.29, 0.717) is 17.5 Å². The lowest BCUT2D eigenvalue weighted by molar-refractivity contribution is 0.103. The lowest BCUT2D eigenvalue weighted by Crippen LogP contribution is -2.20. The maximum Gasteiger partial charge on any atom is 0.200 e. The van der Waals surface area contributed by atoms with E-state index in [1.54, 1.807) is 30.5 Å². The van der Waals surface area contributed by atoms with E-state index in [9.17, 15) is 9.59 Å². The van der Waals surface area contributed by atoms with E-state index in [2.05, 4.69) is 0 Å². The number of ketones is 1. The molecule has 0 amide bonds. The number of nitrogens with zero attached hydrogens (tertiary/aromatic N) is 1. The van der Waals surface area contributed by atoms with Gasteiger partial charge in [-0.2, -0.15) is 0 Å². The number of rotatable bonds is 4. The monoisotopic (exact) mass is 353 g/mol. The standard InChI is InChI=1S/C24H19NO2/c1-17-12-13-22-20(14-17)24(27)21(23(26)19-10-6-3-7-11-19)16-25(22)15-18-8-4-2-5-9-18/h2-14,16H,15H2,1H3. The summed E-state index contributed by atoms with van der Waals surface area (Å²) in [5.74, 6) is -0.245. The van der Waals surface area contributed by atoms with Gasteiger partial charge in [0.1, 0.15) is 0 Å². The quantitative estimate of drug-likeness (QED) is 0.503. The van der Waals surface area contributed by atoms with Gasteiger partial charge in [-0.05, 0) is 24.6 Å². The van der Waals surface area contributed by atoms with Crippen LogP contribution in [0.2, 0.25) is 0 Å². The van der Waals surface area contributed by atoms with Crippen LogP contribution in [0.25, 0.3) is 10.9 Å². The molecule has 0 aliphatic heterocycles. The Hall–Kier alpha value is -3.46. The Bertz CT molecular complexity index is 1180. The first-order chi connectivity index (χ1) is 13.1. The molecule has 0 radical (unpaired) electrons. The Morgan fingerprint density at radius 2 is 1.56 bits per heavy atom. The summed E-state index contributed by atoms with van der Waals surface area (Å²) in [6.45, 7) is 2.54. The van der Waals surface area contributed by atoms with E-state index >= 15 is 0 Å². The van der Waals surface area contributed by atoms with E-state index < -0.39 is 0 Å². The second kappa shape index (κ2) is 7.04. The van der Waals surface area contributed by atoms with Gasteiger partial charge in [0.15, 0.2) is 5.78 Å². The van der Waals surface area contributed by atoms with Crippen molar-refractivity contribution >= 4 is 16.7 Å². The molecule has 0 N–H and O–H groups in total. The molecule has 3 aromatic carbocycles. The van der Waals surface area contributed by atoms with E-state index in [4.69, 9.17) is 0 Å². The minimum absolute atomic E-state index is 0.204. The summed E-state index contributed by atoms with van der Waals surface area (Å²) in [6.07, 6.45) is 1.70. The zero-order valence-electron chi connectivity index (χ0n) is 15.1. The summed E-state index contributed by atoms with van der Waals surface area (Å²) >= 11 is 0. The van der Waals surface area contributed by atoms with Crippen LogP contribution in [-0.4, -0.2) is 10.4 Å². The third-order valence-corrected chi connectivity index (χ3v) is 4.71. The number of hydrogen-bond donors (Lipinski definition) is 0. The first-order valence-electron chi connectivity index (χ1n) is 8.91. The molecule has 132 valence electrons. The van der Waals surface area contributed by atoms with E-state index in [0.717, 1.165) is 16.6 Å². The molecule has 3 nitrogen and oxygen atoms in total. The average Bonchev–Trinajstić information content (AvgIpc) is 2.71. The Kier molecular flexibility index (Phi) is 4.43. The number of aromatic nitrogens is 1. The first kappa shape index (κ1) is 17.0. The lowest BCUT2D eigenvalue weighted by Gasteiger charge is -2.14. The van der Waals surface area contributed by atoms with E-state index in [1.165, 1.54) is 0 Å². The van der Waals surface area contributed by atoms with Crippen LogP contribution in [0.5, 0.6) is 0 Å².